The topological polar surface area (TPSA) is 95.5 Å². The first-order valence-corrected chi connectivity index (χ1v) is 4.31. The van der Waals surface area contributed by atoms with Gasteiger partial charge in [0.15, 0.2) is 5.78 Å². The molecule has 0 fully saturated rings. The molecule has 0 radical (unpaired) electrons. The predicted octanol–water partition coefficient (Wildman–Crippen LogP) is -0.261. The van der Waals surface area contributed by atoms with Crippen molar-refractivity contribution in [2.45, 2.75) is 19.8 Å². The van der Waals surface area contributed by atoms with Gasteiger partial charge in [-0.05, 0) is 6.92 Å². The molecule has 0 unspecified atom stereocenters. The summed E-state index contributed by atoms with van der Waals surface area (Å²) in [7, 11) is 0. The van der Waals surface area contributed by atoms with E-state index in [0.717, 1.165) is 0 Å². The molecule has 2 amide bonds. The van der Waals surface area contributed by atoms with E-state index in [0.29, 0.717) is 6.54 Å². The molecule has 3 N–H and O–H groups in total. The Balaban J connectivity index is 3.53. The van der Waals surface area contributed by atoms with Crippen LogP contribution in [0.2, 0.25) is 0 Å². The van der Waals surface area contributed by atoms with Gasteiger partial charge >= 0.3 is 12.0 Å². The Morgan fingerprint density at radius 3 is 2.29 bits per heavy atom. The van der Waals surface area contributed by atoms with E-state index in [9.17, 15) is 14.4 Å². The summed E-state index contributed by atoms with van der Waals surface area (Å²) in [6.45, 7) is 2.11. The lowest BCUT2D eigenvalue weighted by Gasteiger charge is -2.03. The van der Waals surface area contributed by atoms with Crippen molar-refractivity contribution in [1.29, 1.82) is 0 Å². The van der Waals surface area contributed by atoms with E-state index in [2.05, 4.69) is 10.6 Å². The lowest BCUT2D eigenvalue weighted by Crippen LogP contribution is -2.38. The monoisotopic (exact) mass is 202 g/mol. The standard InChI is InChI=1S/C8H14N2O4/c1-2-9-8(14)10-5-6(11)3-4-7(12)13/h2-5H2,1H3,(H,12,13)(H2,9,10,14). The van der Waals surface area contributed by atoms with Crippen molar-refractivity contribution in [1.82, 2.24) is 10.6 Å². The number of carbonyl (C=O) groups is 3. The molecular formula is C8H14N2O4. The minimum absolute atomic E-state index is 0.0538. The van der Waals surface area contributed by atoms with Gasteiger partial charge in [-0.2, -0.15) is 0 Å². The molecule has 0 aromatic carbocycles. The zero-order chi connectivity index (χ0) is 11.0. The number of ketones is 1. The van der Waals surface area contributed by atoms with E-state index in [1.807, 2.05) is 0 Å². The Morgan fingerprint density at radius 1 is 1.14 bits per heavy atom. The molecule has 0 saturated heterocycles. The second-order valence-electron chi connectivity index (χ2n) is 2.65. The molecule has 6 heteroatoms. The van der Waals surface area contributed by atoms with Gasteiger partial charge in [-0.3, -0.25) is 9.59 Å². The molecule has 0 aliphatic heterocycles. The molecule has 0 bridgehead atoms. The highest BCUT2D eigenvalue weighted by Crippen LogP contribution is 1.89. The van der Waals surface area contributed by atoms with Gasteiger partial charge in [0, 0.05) is 13.0 Å². The van der Waals surface area contributed by atoms with Crippen molar-refractivity contribution in [3.05, 3.63) is 0 Å². The Hall–Kier alpha value is -1.59. The fraction of sp³-hybridized carbons (Fsp3) is 0.625. The van der Waals surface area contributed by atoms with Gasteiger partial charge in [0.25, 0.3) is 0 Å². The van der Waals surface area contributed by atoms with Crippen LogP contribution in [0.15, 0.2) is 0 Å². The third-order valence-corrected chi connectivity index (χ3v) is 1.40. The maximum atomic E-state index is 11.0. The number of hydrogen-bond acceptors (Lipinski definition) is 3. The van der Waals surface area contributed by atoms with Crippen molar-refractivity contribution in [3.63, 3.8) is 0 Å². The maximum Gasteiger partial charge on any atom is 0.315 e. The molecule has 0 aromatic heterocycles. The molecule has 0 aliphatic carbocycles. The maximum absolute atomic E-state index is 11.0. The minimum atomic E-state index is -1.02. The number of carboxylic acids is 1. The zero-order valence-electron chi connectivity index (χ0n) is 8.00. The molecule has 80 valence electrons. The number of carbonyl (C=O) groups excluding carboxylic acids is 2. The summed E-state index contributed by atoms with van der Waals surface area (Å²) < 4.78 is 0. The van der Waals surface area contributed by atoms with Crippen LogP contribution in [-0.2, 0) is 9.59 Å². The molecular weight excluding hydrogens is 188 g/mol. The molecule has 0 saturated carbocycles. The minimum Gasteiger partial charge on any atom is -0.481 e. The van der Waals surface area contributed by atoms with Crippen LogP contribution in [0, 0.1) is 0 Å². The van der Waals surface area contributed by atoms with E-state index in [1.165, 1.54) is 0 Å². The summed E-state index contributed by atoms with van der Waals surface area (Å²) in [6.07, 6.45) is -0.252. The number of rotatable bonds is 6. The number of amides is 2. The Morgan fingerprint density at radius 2 is 1.79 bits per heavy atom. The van der Waals surface area contributed by atoms with Crippen molar-refractivity contribution in [2.24, 2.45) is 0 Å². The van der Waals surface area contributed by atoms with Crippen LogP contribution in [0.1, 0.15) is 19.8 Å². The Bertz CT molecular complexity index is 227. The molecule has 0 atom stereocenters. The van der Waals surface area contributed by atoms with Crippen LogP contribution < -0.4 is 10.6 Å². The summed E-state index contributed by atoms with van der Waals surface area (Å²) in [5.41, 5.74) is 0. The summed E-state index contributed by atoms with van der Waals surface area (Å²) in [5, 5.41) is 13.0. The summed E-state index contributed by atoms with van der Waals surface area (Å²) in [5.74, 6) is -1.31. The number of urea groups is 1. The van der Waals surface area contributed by atoms with E-state index in [-0.39, 0.29) is 25.2 Å². The van der Waals surface area contributed by atoms with Gasteiger partial charge in [-0.1, -0.05) is 0 Å². The third-order valence-electron chi connectivity index (χ3n) is 1.40. The van der Waals surface area contributed by atoms with Gasteiger partial charge in [-0.15, -0.1) is 0 Å². The lowest BCUT2D eigenvalue weighted by atomic mass is 10.2. The van der Waals surface area contributed by atoms with E-state index < -0.39 is 12.0 Å². The number of aliphatic carboxylic acids is 1. The molecule has 0 spiro atoms. The third kappa shape index (κ3) is 7.08. The van der Waals surface area contributed by atoms with Crippen molar-refractivity contribution < 1.29 is 19.5 Å². The quantitative estimate of drug-likeness (QED) is 0.553. The Labute approximate surface area is 81.7 Å². The van der Waals surface area contributed by atoms with Crippen LogP contribution in [0.4, 0.5) is 4.79 Å². The fourth-order valence-electron chi connectivity index (χ4n) is 0.737. The van der Waals surface area contributed by atoms with E-state index in [1.54, 1.807) is 6.92 Å². The summed E-state index contributed by atoms with van der Waals surface area (Å²) in [6, 6.07) is -0.420. The first-order chi connectivity index (χ1) is 6.56. The van der Waals surface area contributed by atoms with Crippen LogP contribution >= 0.6 is 0 Å². The highest BCUT2D eigenvalue weighted by atomic mass is 16.4. The average molecular weight is 202 g/mol. The highest BCUT2D eigenvalue weighted by molar-refractivity contribution is 5.87. The molecule has 0 aromatic rings. The number of hydrogen-bond donors (Lipinski definition) is 3. The fourth-order valence-corrected chi connectivity index (χ4v) is 0.737. The number of carboxylic acid groups (broad SMARTS) is 1. The zero-order valence-corrected chi connectivity index (χ0v) is 8.00. The smallest absolute Gasteiger partial charge is 0.315 e. The summed E-state index contributed by atoms with van der Waals surface area (Å²) in [4.78, 5) is 31.8. The van der Waals surface area contributed by atoms with E-state index in [4.69, 9.17) is 5.11 Å². The number of Topliss-reactive ketones (excluding diaryl/α,β-unsaturated/α-hetero) is 1. The molecule has 0 rings (SSSR count). The number of nitrogens with one attached hydrogen (secondary N) is 2. The van der Waals surface area contributed by atoms with Crippen molar-refractivity contribution in [2.75, 3.05) is 13.1 Å². The van der Waals surface area contributed by atoms with Gasteiger partial charge in [0.05, 0.1) is 13.0 Å². The molecule has 0 heterocycles. The van der Waals surface area contributed by atoms with Crippen LogP contribution in [-0.4, -0.2) is 36.0 Å². The highest BCUT2D eigenvalue weighted by Gasteiger charge is 2.06. The average Bonchev–Trinajstić information content (AvgIpc) is 2.12. The van der Waals surface area contributed by atoms with Crippen LogP contribution in [0.3, 0.4) is 0 Å². The molecule has 14 heavy (non-hydrogen) atoms. The van der Waals surface area contributed by atoms with E-state index >= 15 is 0 Å². The second kappa shape index (κ2) is 6.88. The largest absolute Gasteiger partial charge is 0.481 e. The normalized spacial score (nSPS) is 9.21. The first-order valence-electron chi connectivity index (χ1n) is 4.31. The SMILES string of the molecule is CCNC(=O)NCC(=O)CCC(=O)O. The second-order valence-corrected chi connectivity index (χ2v) is 2.65. The van der Waals surface area contributed by atoms with Crippen LogP contribution in [0.5, 0.6) is 0 Å². The van der Waals surface area contributed by atoms with Gasteiger partial charge < -0.3 is 15.7 Å². The van der Waals surface area contributed by atoms with Crippen molar-refractivity contribution >= 4 is 17.8 Å². The van der Waals surface area contributed by atoms with Crippen LogP contribution in [0.25, 0.3) is 0 Å². The lowest BCUT2D eigenvalue weighted by molar-refractivity contribution is -0.138. The molecule has 6 nitrogen and oxygen atoms in total. The first kappa shape index (κ1) is 12.4. The van der Waals surface area contributed by atoms with Gasteiger partial charge in [0.1, 0.15) is 0 Å². The summed E-state index contributed by atoms with van der Waals surface area (Å²) >= 11 is 0. The van der Waals surface area contributed by atoms with Gasteiger partial charge in [-0.25, -0.2) is 4.79 Å². The van der Waals surface area contributed by atoms with Gasteiger partial charge in [0.2, 0.25) is 0 Å². The molecule has 0 aliphatic rings. The Kier molecular flexibility index (Phi) is 6.09. The predicted molar refractivity (Wildman–Crippen MR) is 49.0 cm³/mol. The van der Waals surface area contributed by atoms with Crippen molar-refractivity contribution in [3.8, 4) is 0 Å².